The minimum atomic E-state index is 0.217. The molecule has 1 rings (SSSR count). The lowest BCUT2D eigenvalue weighted by Gasteiger charge is -2.07. The third-order valence-corrected chi connectivity index (χ3v) is 1.87. The second-order valence-corrected chi connectivity index (χ2v) is 3.20. The van der Waals surface area contributed by atoms with Crippen LogP contribution in [-0.2, 0) is 4.79 Å². The molecule has 0 amide bonds. The lowest BCUT2D eigenvalue weighted by atomic mass is 10.2. The largest absolute Gasteiger partial charge is 0.396 e. The minimum absolute atomic E-state index is 0.217. The number of nitrogen functional groups attached to an aromatic ring is 1. The number of nitrogens with one attached hydrogen (secondary N) is 1. The summed E-state index contributed by atoms with van der Waals surface area (Å²) in [4.78, 5) is 14.5. The van der Waals surface area contributed by atoms with Crippen molar-refractivity contribution in [2.75, 3.05) is 17.6 Å². The van der Waals surface area contributed by atoms with E-state index in [-0.39, 0.29) is 5.78 Å². The molecule has 0 spiro atoms. The van der Waals surface area contributed by atoms with Gasteiger partial charge in [0.1, 0.15) is 5.78 Å². The number of nitrogens with zero attached hydrogens (tertiary/aromatic N) is 1. The number of carbonyl (C=O) groups is 1. The van der Waals surface area contributed by atoms with Crippen LogP contribution in [0.5, 0.6) is 0 Å². The summed E-state index contributed by atoms with van der Waals surface area (Å²) in [6.07, 6.45) is 4.73. The van der Waals surface area contributed by atoms with E-state index in [2.05, 4.69) is 10.3 Å². The normalized spacial score (nSPS) is 9.79. The molecule has 0 radical (unpaired) electrons. The van der Waals surface area contributed by atoms with E-state index in [1.165, 1.54) is 0 Å². The Morgan fingerprint density at radius 2 is 2.43 bits per heavy atom. The van der Waals surface area contributed by atoms with E-state index < -0.39 is 0 Å². The van der Waals surface area contributed by atoms with Crippen molar-refractivity contribution in [2.24, 2.45) is 0 Å². The predicted octanol–water partition coefficient (Wildman–Crippen LogP) is 1.44. The minimum Gasteiger partial charge on any atom is -0.396 e. The molecule has 0 bridgehead atoms. The van der Waals surface area contributed by atoms with Crippen LogP contribution < -0.4 is 11.1 Å². The number of pyridine rings is 1. The molecule has 0 atom stereocenters. The van der Waals surface area contributed by atoms with Gasteiger partial charge in [-0.1, -0.05) is 0 Å². The Hall–Kier alpha value is -1.58. The van der Waals surface area contributed by atoms with Gasteiger partial charge in [-0.05, 0) is 19.4 Å². The molecule has 1 aromatic heterocycles. The molecular weight excluding hydrogens is 178 g/mol. The van der Waals surface area contributed by atoms with E-state index in [9.17, 15) is 4.79 Å². The quantitative estimate of drug-likeness (QED) is 0.694. The maximum atomic E-state index is 10.7. The summed E-state index contributed by atoms with van der Waals surface area (Å²) < 4.78 is 0. The number of rotatable bonds is 5. The highest BCUT2D eigenvalue weighted by Crippen LogP contribution is 2.14. The zero-order chi connectivity index (χ0) is 10.4. The number of ketones is 1. The van der Waals surface area contributed by atoms with E-state index in [4.69, 9.17) is 5.73 Å². The topological polar surface area (TPSA) is 68.0 Å². The Bertz CT molecular complexity index is 312. The third kappa shape index (κ3) is 3.43. The van der Waals surface area contributed by atoms with Gasteiger partial charge >= 0.3 is 0 Å². The van der Waals surface area contributed by atoms with Gasteiger partial charge in [-0.25, -0.2) is 0 Å². The number of anilines is 2. The van der Waals surface area contributed by atoms with Gasteiger partial charge < -0.3 is 15.8 Å². The van der Waals surface area contributed by atoms with Gasteiger partial charge in [0.05, 0.1) is 17.6 Å². The van der Waals surface area contributed by atoms with Crippen molar-refractivity contribution in [1.29, 1.82) is 0 Å². The van der Waals surface area contributed by atoms with Gasteiger partial charge in [0.2, 0.25) is 0 Å². The summed E-state index contributed by atoms with van der Waals surface area (Å²) in [5.41, 5.74) is 7.18. The zero-order valence-electron chi connectivity index (χ0n) is 8.29. The standard InChI is InChI=1S/C10H15N3O/c1-8(14)3-2-5-13-10-4-6-12-7-9(10)11/h4,6-7H,2-3,5,11H2,1H3,(H,12,13). The Balaban J connectivity index is 2.31. The predicted molar refractivity (Wildman–Crippen MR) is 57.1 cm³/mol. The first-order valence-electron chi connectivity index (χ1n) is 4.63. The second-order valence-electron chi connectivity index (χ2n) is 3.20. The highest BCUT2D eigenvalue weighted by molar-refractivity contribution is 5.75. The summed E-state index contributed by atoms with van der Waals surface area (Å²) in [6, 6.07) is 1.82. The van der Waals surface area contributed by atoms with Gasteiger partial charge in [-0.2, -0.15) is 0 Å². The number of hydrogen-bond donors (Lipinski definition) is 2. The number of Topliss-reactive ketones (excluding diaryl/α,β-unsaturated/α-hetero) is 1. The van der Waals surface area contributed by atoms with Crippen molar-refractivity contribution in [3.63, 3.8) is 0 Å². The zero-order valence-corrected chi connectivity index (χ0v) is 8.29. The van der Waals surface area contributed by atoms with Crippen LogP contribution in [0.2, 0.25) is 0 Å². The molecule has 0 unspecified atom stereocenters. The molecule has 0 aliphatic carbocycles. The van der Waals surface area contributed by atoms with Crippen LogP contribution in [0, 0.1) is 0 Å². The summed E-state index contributed by atoms with van der Waals surface area (Å²) in [5, 5.41) is 3.15. The third-order valence-electron chi connectivity index (χ3n) is 1.87. The first-order valence-corrected chi connectivity index (χ1v) is 4.63. The second kappa shape index (κ2) is 5.21. The summed E-state index contributed by atoms with van der Waals surface area (Å²) in [5.74, 6) is 0.217. The first-order chi connectivity index (χ1) is 6.70. The fraction of sp³-hybridized carbons (Fsp3) is 0.400. The molecule has 0 aliphatic heterocycles. The van der Waals surface area contributed by atoms with Crippen molar-refractivity contribution in [1.82, 2.24) is 4.98 Å². The van der Waals surface area contributed by atoms with Gasteiger partial charge in [0, 0.05) is 19.2 Å². The van der Waals surface area contributed by atoms with E-state index in [0.29, 0.717) is 12.1 Å². The monoisotopic (exact) mass is 193 g/mol. The molecule has 0 fully saturated rings. The van der Waals surface area contributed by atoms with Crippen molar-refractivity contribution in [3.8, 4) is 0 Å². The number of aromatic nitrogens is 1. The van der Waals surface area contributed by atoms with Crippen LogP contribution in [0.3, 0.4) is 0 Å². The number of hydrogen-bond acceptors (Lipinski definition) is 4. The van der Waals surface area contributed by atoms with Crippen LogP contribution in [-0.4, -0.2) is 17.3 Å². The van der Waals surface area contributed by atoms with Crippen LogP contribution in [0.15, 0.2) is 18.5 Å². The summed E-state index contributed by atoms with van der Waals surface area (Å²) >= 11 is 0. The first kappa shape index (κ1) is 10.5. The Morgan fingerprint density at radius 3 is 3.07 bits per heavy atom. The van der Waals surface area contributed by atoms with Crippen molar-refractivity contribution >= 4 is 17.2 Å². The Labute approximate surface area is 83.5 Å². The highest BCUT2D eigenvalue weighted by atomic mass is 16.1. The number of nitrogens with two attached hydrogens (primary N) is 1. The summed E-state index contributed by atoms with van der Waals surface area (Å²) in [7, 11) is 0. The average Bonchev–Trinajstić information content (AvgIpc) is 2.15. The van der Waals surface area contributed by atoms with E-state index in [0.717, 1.165) is 18.7 Å². The van der Waals surface area contributed by atoms with Gasteiger partial charge in [-0.15, -0.1) is 0 Å². The van der Waals surface area contributed by atoms with Crippen LogP contribution >= 0.6 is 0 Å². The van der Waals surface area contributed by atoms with E-state index in [1.807, 2.05) is 6.07 Å². The van der Waals surface area contributed by atoms with Crippen molar-refractivity contribution in [2.45, 2.75) is 19.8 Å². The Kier molecular flexibility index (Phi) is 3.91. The molecule has 0 aromatic carbocycles. The molecule has 14 heavy (non-hydrogen) atoms. The molecule has 1 aromatic rings. The number of carbonyl (C=O) groups excluding carboxylic acids is 1. The van der Waals surface area contributed by atoms with E-state index >= 15 is 0 Å². The lowest BCUT2D eigenvalue weighted by Crippen LogP contribution is -2.05. The van der Waals surface area contributed by atoms with Crippen LogP contribution in [0.1, 0.15) is 19.8 Å². The molecule has 76 valence electrons. The van der Waals surface area contributed by atoms with Gasteiger partial charge in [0.25, 0.3) is 0 Å². The Morgan fingerprint density at radius 1 is 1.64 bits per heavy atom. The van der Waals surface area contributed by atoms with Gasteiger partial charge in [-0.3, -0.25) is 4.98 Å². The maximum absolute atomic E-state index is 10.7. The molecule has 0 aliphatic rings. The molecule has 1 heterocycles. The summed E-state index contributed by atoms with van der Waals surface area (Å²) in [6.45, 7) is 2.36. The molecule has 0 saturated carbocycles. The van der Waals surface area contributed by atoms with Crippen molar-refractivity contribution in [3.05, 3.63) is 18.5 Å². The molecule has 3 N–H and O–H groups in total. The van der Waals surface area contributed by atoms with Crippen molar-refractivity contribution < 1.29 is 4.79 Å². The molecule has 4 nitrogen and oxygen atoms in total. The average molecular weight is 193 g/mol. The molecule has 4 heteroatoms. The fourth-order valence-corrected chi connectivity index (χ4v) is 1.13. The molecular formula is C10H15N3O. The van der Waals surface area contributed by atoms with Crippen LogP contribution in [0.4, 0.5) is 11.4 Å². The van der Waals surface area contributed by atoms with E-state index in [1.54, 1.807) is 19.3 Å². The van der Waals surface area contributed by atoms with Crippen LogP contribution in [0.25, 0.3) is 0 Å². The lowest BCUT2D eigenvalue weighted by molar-refractivity contribution is -0.117. The highest BCUT2D eigenvalue weighted by Gasteiger charge is 1.97. The molecule has 0 saturated heterocycles. The SMILES string of the molecule is CC(=O)CCCNc1ccncc1N. The van der Waals surface area contributed by atoms with Gasteiger partial charge in [0.15, 0.2) is 0 Å². The fourth-order valence-electron chi connectivity index (χ4n) is 1.13. The smallest absolute Gasteiger partial charge is 0.129 e. The maximum Gasteiger partial charge on any atom is 0.129 e.